The Balaban J connectivity index is 2.11. The lowest BCUT2D eigenvalue weighted by Gasteiger charge is -2.15. The van der Waals surface area contributed by atoms with Gasteiger partial charge in [0.15, 0.2) is 0 Å². The molecule has 3 heteroatoms. The quantitative estimate of drug-likeness (QED) is 0.819. The second-order valence-electron chi connectivity index (χ2n) is 4.80. The normalized spacial score (nSPS) is 20.1. The SMILES string of the molecule is CNC1CCc2c(OCC(C)CO)cccc21. The summed E-state index contributed by atoms with van der Waals surface area (Å²) in [6, 6.07) is 6.71. The number of aliphatic hydroxyl groups is 1. The van der Waals surface area contributed by atoms with Crippen molar-refractivity contribution < 1.29 is 9.84 Å². The van der Waals surface area contributed by atoms with Gasteiger partial charge in [0.25, 0.3) is 0 Å². The molecule has 3 nitrogen and oxygen atoms in total. The van der Waals surface area contributed by atoms with Crippen LogP contribution >= 0.6 is 0 Å². The molecule has 0 amide bonds. The molecule has 0 aliphatic heterocycles. The highest BCUT2D eigenvalue weighted by Crippen LogP contribution is 2.36. The number of hydrogen-bond acceptors (Lipinski definition) is 3. The first-order valence-electron chi connectivity index (χ1n) is 6.29. The lowest BCUT2D eigenvalue weighted by Crippen LogP contribution is -2.14. The molecule has 0 aromatic heterocycles. The zero-order chi connectivity index (χ0) is 12.3. The number of ether oxygens (including phenoxy) is 1. The average molecular weight is 235 g/mol. The molecule has 94 valence electrons. The highest BCUT2D eigenvalue weighted by molar-refractivity contribution is 5.45. The molecule has 0 saturated heterocycles. The summed E-state index contributed by atoms with van der Waals surface area (Å²) in [5.74, 6) is 1.17. The summed E-state index contributed by atoms with van der Waals surface area (Å²) in [7, 11) is 2.00. The standard InChI is InChI=1S/C14H21NO2/c1-10(8-16)9-17-14-5-3-4-11-12(14)6-7-13(11)15-2/h3-5,10,13,15-16H,6-9H2,1-2H3. The van der Waals surface area contributed by atoms with Gasteiger partial charge >= 0.3 is 0 Å². The van der Waals surface area contributed by atoms with Crippen molar-refractivity contribution in [1.82, 2.24) is 5.32 Å². The van der Waals surface area contributed by atoms with Crippen LogP contribution in [0.4, 0.5) is 0 Å². The van der Waals surface area contributed by atoms with E-state index >= 15 is 0 Å². The predicted molar refractivity (Wildman–Crippen MR) is 68.3 cm³/mol. The third kappa shape index (κ3) is 2.61. The van der Waals surface area contributed by atoms with Gasteiger partial charge in [-0.2, -0.15) is 0 Å². The van der Waals surface area contributed by atoms with Crippen molar-refractivity contribution in [3.63, 3.8) is 0 Å². The van der Waals surface area contributed by atoms with Crippen molar-refractivity contribution in [2.45, 2.75) is 25.8 Å². The van der Waals surface area contributed by atoms with Crippen molar-refractivity contribution in [1.29, 1.82) is 0 Å². The van der Waals surface area contributed by atoms with Crippen molar-refractivity contribution >= 4 is 0 Å². The maximum atomic E-state index is 9.00. The fourth-order valence-electron chi connectivity index (χ4n) is 2.34. The van der Waals surface area contributed by atoms with Gasteiger partial charge in [0, 0.05) is 18.6 Å². The molecule has 0 bridgehead atoms. The molecule has 17 heavy (non-hydrogen) atoms. The number of aliphatic hydroxyl groups excluding tert-OH is 1. The van der Waals surface area contributed by atoms with Crippen LogP contribution in [0.1, 0.15) is 30.5 Å². The van der Waals surface area contributed by atoms with Gasteiger partial charge < -0.3 is 15.2 Å². The second kappa shape index (κ2) is 5.52. The van der Waals surface area contributed by atoms with Gasteiger partial charge in [0.2, 0.25) is 0 Å². The smallest absolute Gasteiger partial charge is 0.122 e. The van der Waals surface area contributed by atoms with E-state index in [9.17, 15) is 0 Å². The van der Waals surface area contributed by atoms with E-state index in [-0.39, 0.29) is 12.5 Å². The maximum Gasteiger partial charge on any atom is 0.122 e. The minimum atomic E-state index is 0.175. The zero-order valence-corrected chi connectivity index (χ0v) is 10.6. The first kappa shape index (κ1) is 12.4. The largest absolute Gasteiger partial charge is 0.493 e. The zero-order valence-electron chi connectivity index (χ0n) is 10.6. The molecular weight excluding hydrogens is 214 g/mol. The highest BCUT2D eigenvalue weighted by atomic mass is 16.5. The van der Waals surface area contributed by atoms with Crippen LogP contribution in [0.2, 0.25) is 0 Å². The Morgan fingerprint density at radius 1 is 1.53 bits per heavy atom. The Hall–Kier alpha value is -1.06. The third-order valence-corrected chi connectivity index (χ3v) is 3.41. The van der Waals surface area contributed by atoms with Crippen LogP contribution in [0.15, 0.2) is 18.2 Å². The molecule has 0 fully saturated rings. The van der Waals surface area contributed by atoms with Crippen LogP contribution in [0, 0.1) is 5.92 Å². The second-order valence-corrected chi connectivity index (χ2v) is 4.80. The molecule has 2 N–H and O–H groups in total. The molecule has 2 atom stereocenters. The summed E-state index contributed by atoms with van der Waals surface area (Å²) >= 11 is 0. The summed E-state index contributed by atoms with van der Waals surface area (Å²) in [6.07, 6.45) is 2.21. The van der Waals surface area contributed by atoms with Crippen LogP contribution in [0.5, 0.6) is 5.75 Å². The van der Waals surface area contributed by atoms with Gasteiger partial charge in [-0.1, -0.05) is 19.1 Å². The summed E-state index contributed by atoms with van der Waals surface area (Å²) in [5.41, 5.74) is 2.69. The molecule has 0 heterocycles. The van der Waals surface area contributed by atoms with E-state index in [1.807, 2.05) is 26.1 Å². The molecule has 0 spiro atoms. The van der Waals surface area contributed by atoms with E-state index in [1.165, 1.54) is 11.1 Å². The van der Waals surface area contributed by atoms with E-state index in [0.717, 1.165) is 18.6 Å². The van der Waals surface area contributed by atoms with E-state index in [1.54, 1.807) is 0 Å². The molecule has 2 unspecified atom stereocenters. The molecule has 1 aliphatic rings. The van der Waals surface area contributed by atoms with E-state index in [2.05, 4.69) is 11.4 Å². The lowest BCUT2D eigenvalue weighted by atomic mass is 10.1. The Labute approximate surface area is 103 Å². The van der Waals surface area contributed by atoms with Gasteiger partial charge in [0.1, 0.15) is 5.75 Å². The monoisotopic (exact) mass is 235 g/mol. The van der Waals surface area contributed by atoms with Crippen LogP contribution in [-0.4, -0.2) is 25.4 Å². The van der Waals surface area contributed by atoms with Crippen LogP contribution in [0.3, 0.4) is 0 Å². The summed E-state index contributed by atoms with van der Waals surface area (Å²) in [6.45, 7) is 2.74. The molecule has 2 rings (SSSR count). The molecule has 0 radical (unpaired) electrons. The third-order valence-electron chi connectivity index (χ3n) is 3.41. The highest BCUT2D eigenvalue weighted by Gasteiger charge is 2.23. The minimum Gasteiger partial charge on any atom is -0.493 e. The van der Waals surface area contributed by atoms with E-state index in [4.69, 9.17) is 9.84 Å². The number of benzene rings is 1. The van der Waals surface area contributed by atoms with Crippen molar-refractivity contribution in [2.75, 3.05) is 20.3 Å². The Morgan fingerprint density at radius 2 is 2.35 bits per heavy atom. The van der Waals surface area contributed by atoms with Crippen molar-refractivity contribution in [3.8, 4) is 5.75 Å². The first-order chi connectivity index (χ1) is 8.26. The first-order valence-corrected chi connectivity index (χ1v) is 6.29. The predicted octanol–water partition coefficient (Wildman–Crippen LogP) is 1.90. The van der Waals surface area contributed by atoms with Gasteiger partial charge in [-0.15, -0.1) is 0 Å². The van der Waals surface area contributed by atoms with Crippen LogP contribution < -0.4 is 10.1 Å². The lowest BCUT2D eigenvalue weighted by molar-refractivity contribution is 0.173. The topological polar surface area (TPSA) is 41.5 Å². The van der Waals surface area contributed by atoms with Gasteiger partial charge in [-0.05, 0) is 37.1 Å². The number of fused-ring (bicyclic) bond motifs is 1. The molecule has 1 aliphatic carbocycles. The fourth-order valence-corrected chi connectivity index (χ4v) is 2.34. The number of rotatable bonds is 5. The minimum absolute atomic E-state index is 0.175. The van der Waals surface area contributed by atoms with Crippen LogP contribution in [0.25, 0.3) is 0 Å². The van der Waals surface area contributed by atoms with Gasteiger partial charge in [-0.25, -0.2) is 0 Å². The molecule has 1 aromatic carbocycles. The summed E-state index contributed by atoms with van der Waals surface area (Å²) in [4.78, 5) is 0. The van der Waals surface area contributed by atoms with Gasteiger partial charge in [0.05, 0.1) is 6.61 Å². The van der Waals surface area contributed by atoms with E-state index < -0.39 is 0 Å². The van der Waals surface area contributed by atoms with Gasteiger partial charge in [-0.3, -0.25) is 0 Å². The summed E-state index contributed by atoms with van der Waals surface area (Å²) in [5, 5.41) is 12.3. The molecule has 1 aromatic rings. The Bertz CT molecular complexity index is 378. The fraction of sp³-hybridized carbons (Fsp3) is 0.571. The average Bonchev–Trinajstić information content (AvgIpc) is 2.79. The van der Waals surface area contributed by atoms with E-state index in [0.29, 0.717) is 12.6 Å². The summed E-state index contributed by atoms with van der Waals surface area (Å²) < 4.78 is 5.81. The van der Waals surface area contributed by atoms with Crippen molar-refractivity contribution in [2.24, 2.45) is 5.92 Å². The number of nitrogens with one attached hydrogen (secondary N) is 1. The van der Waals surface area contributed by atoms with Crippen molar-refractivity contribution in [3.05, 3.63) is 29.3 Å². The maximum absolute atomic E-state index is 9.00. The number of hydrogen-bond donors (Lipinski definition) is 2. The molecule has 0 saturated carbocycles. The van der Waals surface area contributed by atoms with Crippen LogP contribution in [-0.2, 0) is 6.42 Å². The Morgan fingerprint density at radius 3 is 3.06 bits per heavy atom. The Kier molecular flexibility index (Phi) is 4.02. The molecular formula is C14H21NO2.